The van der Waals surface area contributed by atoms with Crippen molar-refractivity contribution in [1.29, 1.82) is 0 Å². The molecule has 198 valence electrons. The summed E-state index contributed by atoms with van der Waals surface area (Å²) in [6.07, 6.45) is 4.53. The van der Waals surface area contributed by atoms with Gasteiger partial charge in [0.1, 0.15) is 11.4 Å². The second-order valence-corrected chi connectivity index (χ2v) is 10.7. The van der Waals surface area contributed by atoms with Crippen molar-refractivity contribution in [3.8, 4) is 5.75 Å². The Balaban J connectivity index is 2.14. The highest BCUT2D eigenvalue weighted by Gasteiger charge is 2.24. The fourth-order valence-electron chi connectivity index (χ4n) is 3.93. The average molecular weight is 527 g/mol. The number of hydrogen-bond donors (Lipinski definition) is 1. The molecule has 10 heteroatoms. The largest absolute Gasteiger partial charge is 0.497 e. The molecule has 0 spiro atoms. The third-order valence-electron chi connectivity index (χ3n) is 5.82. The maximum atomic E-state index is 13.6. The zero-order valence-corrected chi connectivity index (χ0v) is 22.7. The second-order valence-electron chi connectivity index (χ2n) is 8.72. The first-order valence-electron chi connectivity index (χ1n) is 12.1. The van der Waals surface area contributed by atoms with Gasteiger partial charge < -0.3 is 15.0 Å². The van der Waals surface area contributed by atoms with E-state index in [1.54, 1.807) is 59.5 Å². The van der Waals surface area contributed by atoms with E-state index in [4.69, 9.17) is 4.74 Å². The van der Waals surface area contributed by atoms with Crippen LogP contribution in [0.5, 0.6) is 5.75 Å². The highest BCUT2D eigenvalue weighted by atomic mass is 32.2. The molecule has 1 heterocycles. The summed E-state index contributed by atoms with van der Waals surface area (Å²) in [5, 5.41) is 3.41. The van der Waals surface area contributed by atoms with E-state index in [1.807, 2.05) is 13.8 Å². The number of carbonyl (C=O) groups excluding carboxylic acids is 2. The number of ether oxygens (including phenoxy) is 1. The minimum Gasteiger partial charge on any atom is -0.497 e. The van der Waals surface area contributed by atoms with Gasteiger partial charge in [0.15, 0.2) is 0 Å². The number of para-hydroxylation sites is 1. The molecule has 3 rings (SSSR count). The number of carbonyl (C=O) groups is 2. The lowest BCUT2D eigenvalue weighted by Gasteiger charge is -2.23. The lowest BCUT2D eigenvalue weighted by Crippen LogP contribution is -2.39. The second kappa shape index (κ2) is 12.1. The molecule has 2 amide bonds. The van der Waals surface area contributed by atoms with Crippen LogP contribution in [0.15, 0.2) is 60.4 Å². The van der Waals surface area contributed by atoms with Crippen LogP contribution >= 0.6 is 0 Å². The van der Waals surface area contributed by atoms with Crippen LogP contribution in [0.2, 0.25) is 0 Å². The molecular formula is C27H34N4O5S. The van der Waals surface area contributed by atoms with Gasteiger partial charge in [-0.15, -0.1) is 0 Å². The minimum atomic E-state index is -3.82. The lowest BCUT2D eigenvalue weighted by atomic mass is 10.1. The molecule has 1 N–H and O–H groups in total. The topological polar surface area (TPSA) is 101 Å². The summed E-state index contributed by atoms with van der Waals surface area (Å²) in [4.78, 5) is 28.5. The number of nitrogens with zero attached hydrogens (tertiary/aromatic N) is 3. The molecule has 0 aliphatic heterocycles. The van der Waals surface area contributed by atoms with Crippen molar-refractivity contribution in [3.05, 3.63) is 71.6 Å². The first-order chi connectivity index (χ1) is 17.6. The quantitative estimate of drug-likeness (QED) is 0.384. The molecule has 0 radical (unpaired) electrons. The van der Waals surface area contributed by atoms with Gasteiger partial charge in [-0.1, -0.05) is 32.0 Å². The minimum absolute atomic E-state index is 0.0628. The Morgan fingerprint density at radius 1 is 1.00 bits per heavy atom. The van der Waals surface area contributed by atoms with Crippen LogP contribution in [-0.2, 0) is 15.0 Å². The molecule has 0 unspecified atom stereocenters. The highest BCUT2D eigenvalue weighted by Crippen LogP contribution is 2.26. The van der Waals surface area contributed by atoms with E-state index in [2.05, 4.69) is 5.32 Å². The SMILES string of the molecule is CCCN(CCC)C(=O)C(=Cc1cn(S(=O)(=O)N(C)C)c2ccccc12)NC(=O)c1ccc(OC)cc1. The summed E-state index contributed by atoms with van der Waals surface area (Å²) < 4.78 is 33.4. The maximum Gasteiger partial charge on any atom is 0.307 e. The Morgan fingerprint density at radius 2 is 1.62 bits per heavy atom. The molecule has 0 aliphatic rings. The van der Waals surface area contributed by atoms with Gasteiger partial charge in [0.25, 0.3) is 11.8 Å². The van der Waals surface area contributed by atoms with E-state index >= 15 is 0 Å². The maximum absolute atomic E-state index is 13.6. The van der Waals surface area contributed by atoms with Crippen LogP contribution in [0, 0.1) is 0 Å². The molecule has 1 aromatic heterocycles. The van der Waals surface area contributed by atoms with Gasteiger partial charge in [-0.25, -0.2) is 3.97 Å². The number of rotatable bonds is 11. The third kappa shape index (κ3) is 6.20. The summed E-state index contributed by atoms with van der Waals surface area (Å²) in [7, 11) is 0.631. The first-order valence-corrected chi connectivity index (χ1v) is 13.5. The normalized spacial score (nSPS) is 12.1. The number of aromatic nitrogens is 1. The molecule has 9 nitrogen and oxygen atoms in total. The van der Waals surface area contributed by atoms with Gasteiger partial charge in [0, 0.05) is 49.9 Å². The molecule has 0 saturated carbocycles. The van der Waals surface area contributed by atoms with Crippen LogP contribution in [0.3, 0.4) is 0 Å². The van der Waals surface area contributed by atoms with Gasteiger partial charge in [-0.3, -0.25) is 9.59 Å². The Hall–Kier alpha value is -3.63. The van der Waals surface area contributed by atoms with E-state index in [-0.39, 0.29) is 11.6 Å². The standard InChI is InChI=1S/C27H34N4O5S/c1-6-16-30(17-7-2)27(33)24(28-26(32)20-12-14-22(36-5)15-13-20)18-21-19-31(37(34,35)29(3)4)25-11-9-8-10-23(21)25/h8-15,18-19H,6-7,16-17H2,1-5H3,(H,28,32). The predicted octanol–water partition coefficient (Wildman–Crippen LogP) is 3.72. The van der Waals surface area contributed by atoms with E-state index in [0.29, 0.717) is 40.9 Å². The molecular weight excluding hydrogens is 492 g/mol. The van der Waals surface area contributed by atoms with Crippen molar-refractivity contribution in [2.45, 2.75) is 26.7 Å². The van der Waals surface area contributed by atoms with Crippen LogP contribution < -0.4 is 10.1 Å². The Kier molecular flexibility index (Phi) is 9.12. The number of hydrogen-bond acceptors (Lipinski definition) is 5. The van der Waals surface area contributed by atoms with Gasteiger partial charge >= 0.3 is 10.2 Å². The molecule has 0 saturated heterocycles. The van der Waals surface area contributed by atoms with E-state index in [9.17, 15) is 18.0 Å². The van der Waals surface area contributed by atoms with Crippen LogP contribution in [0.25, 0.3) is 17.0 Å². The van der Waals surface area contributed by atoms with Crippen LogP contribution in [0.4, 0.5) is 0 Å². The molecule has 0 fully saturated rings. The van der Waals surface area contributed by atoms with E-state index in [1.165, 1.54) is 31.4 Å². The van der Waals surface area contributed by atoms with Gasteiger partial charge in [0.2, 0.25) is 0 Å². The Morgan fingerprint density at radius 3 is 2.19 bits per heavy atom. The van der Waals surface area contributed by atoms with E-state index in [0.717, 1.165) is 17.1 Å². The van der Waals surface area contributed by atoms with Crippen LogP contribution in [-0.4, -0.2) is 67.7 Å². The van der Waals surface area contributed by atoms with Crippen molar-refractivity contribution in [2.75, 3.05) is 34.3 Å². The molecule has 0 atom stereocenters. The number of amides is 2. The van der Waals surface area contributed by atoms with E-state index < -0.39 is 16.1 Å². The van der Waals surface area contributed by atoms with Crippen molar-refractivity contribution < 1.29 is 22.7 Å². The number of benzene rings is 2. The van der Waals surface area contributed by atoms with Gasteiger partial charge in [-0.2, -0.15) is 12.7 Å². The van der Waals surface area contributed by atoms with Crippen molar-refractivity contribution in [1.82, 2.24) is 18.5 Å². The van der Waals surface area contributed by atoms with Crippen molar-refractivity contribution >= 4 is 39.0 Å². The molecule has 37 heavy (non-hydrogen) atoms. The monoisotopic (exact) mass is 526 g/mol. The smallest absolute Gasteiger partial charge is 0.307 e. The molecule has 3 aromatic rings. The summed E-state index contributed by atoms with van der Waals surface area (Å²) in [5.74, 6) is -0.187. The van der Waals surface area contributed by atoms with Crippen LogP contribution in [0.1, 0.15) is 42.6 Å². The number of fused-ring (bicyclic) bond motifs is 1. The van der Waals surface area contributed by atoms with Gasteiger partial charge in [-0.05, 0) is 49.2 Å². The zero-order valence-electron chi connectivity index (χ0n) is 21.9. The van der Waals surface area contributed by atoms with Crippen molar-refractivity contribution in [2.24, 2.45) is 0 Å². The fraction of sp³-hybridized carbons (Fsp3) is 0.333. The Bertz CT molecular complexity index is 1390. The highest BCUT2D eigenvalue weighted by molar-refractivity contribution is 7.87. The number of nitrogens with one attached hydrogen (secondary N) is 1. The molecule has 0 aliphatic carbocycles. The van der Waals surface area contributed by atoms with Gasteiger partial charge in [0.05, 0.1) is 12.6 Å². The average Bonchev–Trinajstić information content (AvgIpc) is 3.26. The summed E-state index contributed by atoms with van der Waals surface area (Å²) >= 11 is 0. The van der Waals surface area contributed by atoms with Crippen molar-refractivity contribution in [3.63, 3.8) is 0 Å². The zero-order chi connectivity index (χ0) is 27.2. The Labute approximate surface area is 218 Å². The summed E-state index contributed by atoms with van der Waals surface area (Å²) in [6, 6.07) is 13.6. The third-order valence-corrected chi connectivity index (χ3v) is 7.55. The number of methoxy groups -OCH3 is 1. The lowest BCUT2D eigenvalue weighted by molar-refractivity contribution is -0.127. The predicted molar refractivity (Wildman–Crippen MR) is 146 cm³/mol. The first kappa shape index (κ1) is 27.9. The summed E-state index contributed by atoms with van der Waals surface area (Å²) in [5.41, 5.74) is 1.38. The summed E-state index contributed by atoms with van der Waals surface area (Å²) in [6.45, 7) is 5.02. The molecule has 2 aromatic carbocycles. The molecule has 0 bridgehead atoms. The fourth-order valence-corrected chi connectivity index (χ4v) is 4.93.